The normalized spacial score (nSPS) is 29.4. The molecule has 5 nitrogen and oxygen atoms in total. The van der Waals surface area contributed by atoms with Crippen LogP contribution in [0.5, 0.6) is 0 Å². The molecule has 2 aliphatic heterocycles. The third kappa shape index (κ3) is 2.35. The van der Waals surface area contributed by atoms with Crippen molar-refractivity contribution in [2.75, 3.05) is 13.1 Å². The number of carbonyl (C=O) groups excluding carboxylic acids is 2. The molecule has 2 rings (SSSR count). The van der Waals surface area contributed by atoms with Crippen molar-refractivity contribution in [3.8, 4) is 0 Å². The minimum Gasteiger partial charge on any atom is -0.444 e. The zero-order valence-corrected chi connectivity index (χ0v) is 9.86. The van der Waals surface area contributed by atoms with E-state index in [1.807, 2.05) is 20.8 Å². The first-order valence-corrected chi connectivity index (χ1v) is 5.51. The first kappa shape index (κ1) is 11.4. The van der Waals surface area contributed by atoms with E-state index in [4.69, 9.17) is 9.47 Å². The minimum atomic E-state index is -0.502. The van der Waals surface area contributed by atoms with Gasteiger partial charge < -0.3 is 14.4 Å². The van der Waals surface area contributed by atoms with Crippen LogP contribution in [0.3, 0.4) is 0 Å². The molecule has 2 fully saturated rings. The van der Waals surface area contributed by atoms with E-state index in [1.54, 1.807) is 4.90 Å². The highest BCUT2D eigenvalue weighted by molar-refractivity contribution is 5.86. The SMILES string of the molecule is CC(C)(C)OC(=O)N1CC2CC(=O)C(C1)O2. The van der Waals surface area contributed by atoms with Gasteiger partial charge in [0.25, 0.3) is 0 Å². The van der Waals surface area contributed by atoms with Crippen molar-refractivity contribution in [3.05, 3.63) is 0 Å². The molecule has 0 radical (unpaired) electrons. The van der Waals surface area contributed by atoms with Crippen LogP contribution in [0.4, 0.5) is 4.79 Å². The Morgan fingerprint density at radius 2 is 2.12 bits per heavy atom. The zero-order chi connectivity index (χ0) is 11.9. The largest absolute Gasteiger partial charge is 0.444 e. The van der Waals surface area contributed by atoms with Gasteiger partial charge in [-0.05, 0) is 20.8 Å². The summed E-state index contributed by atoms with van der Waals surface area (Å²) in [6.07, 6.45) is -0.519. The molecule has 90 valence electrons. The first-order valence-electron chi connectivity index (χ1n) is 5.51. The highest BCUT2D eigenvalue weighted by Gasteiger charge is 2.42. The van der Waals surface area contributed by atoms with Crippen molar-refractivity contribution in [3.63, 3.8) is 0 Å². The van der Waals surface area contributed by atoms with Gasteiger partial charge in [0, 0.05) is 6.42 Å². The molecule has 0 aromatic heterocycles. The second-order valence-electron chi connectivity index (χ2n) is 5.30. The lowest BCUT2D eigenvalue weighted by atomic mass is 10.2. The van der Waals surface area contributed by atoms with Crippen molar-refractivity contribution >= 4 is 11.9 Å². The third-order valence-corrected chi connectivity index (χ3v) is 2.61. The van der Waals surface area contributed by atoms with Crippen LogP contribution < -0.4 is 0 Å². The number of ether oxygens (including phenoxy) is 2. The van der Waals surface area contributed by atoms with Crippen molar-refractivity contribution < 1.29 is 19.1 Å². The predicted octanol–water partition coefficient (Wildman–Crippen LogP) is 0.964. The number of likely N-dealkylation sites (tertiary alicyclic amines) is 1. The van der Waals surface area contributed by atoms with Gasteiger partial charge in [-0.3, -0.25) is 4.79 Å². The average Bonchev–Trinajstić information content (AvgIpc) is 2.37. The molecule has 5 heteroatoms. The Balaban J connectivity index is 1.97. The first-order chi connectivity index (χ1) is 7.35. The molecule has 0 aromatic carbocycles. The molecular formula is C11H17NO4. The summed E-state index contributed by atoms with van der Waals surface area (Å²) in [5.41, 5.74) is -0.502. The summed E-state index contributed by atoms with van der Waals surface area (Å²) in [6.45, 7) is 6.25. The lowest BCUT2D eigenvalue weighted by Gasteiger charge is -2.32. The quantitative estimate of drug-likeness (QED) is 0.618. The maximum absolute atomic E-state index is 11.8. The summed E-state index contributed by atoms with van der Waals surface area (Å²) in [4.78, 5) is 24.7. The van der Waals surface area contributed by atoms with E-state index in [2.05, 4.69) is 0 Å². The molecule has 2 heterocycles. The molecule has 2 bridgehead atoms. The number of nitrogens with zero attached hydrogens (tertiary/aromatic N) is 1. The molecule has 0 aromatic rings. The topological polar surface area (TPSA) is 55.8 Å². The fourth-order valence-electron chi connectivity index (χ4n) is 1.96. The van der Waals surface area contributed by atoms with E-state index < -0.39 is 11.7 Å². The van der Waals surface area contributed by atoms with Gasteiger partial charge in [0.05, 0.1) is 19.2 Å². The van der Waals surface area contributed by atoms with Gasteiger partial charge in [-0.15, -0.1) is 0 Å². The number of ketones is 1. The fourth-order valence-corrected chi connectivity index (χ4v) is 1.96. The number of hydrogen-bond donors (Lipinski definition) is 0. The van der Waals surface area contributed by atoms with Gasteiger partial charge in [-0.25, -0.2) is 4.79 Å². The smallest absolute Gasteiger partial charge is 0.410 e. The summed E-state index contributed by atoms with van der Waals surface area (Å²) in [6, 6.07) is 0. The Kier molecular flexibility index (Phi) is 2.66. The predicted molar refractivity (Wildman–Crippen MR) is 56.1 cm³/mol. The van der Waals surface area contributed by atoms with Gasteiger partial charge in [0.2, 0.25) is 0 Å². The van der Waals surface area contributed by atoms with E-state index in [9.17, 15) is 9.59 Å². The van der Waals surface area contributed by atoms with Crippen molar-refractivity contribution in [1.29, 1.82) is 0 Å². The number of hydrogen-bond acceptors (Lipinski definition) is 4. The number of morpholine rings is 1. The van der Waals surface area contributed by atoms with Gasteiger partial charge in [-0.2, -0.15) is 0 Å². The Hall–Kier alpha value is -1.10. The maximum Gasteiger partial charge on any atom is 0.410 e. The summed E-state index contributed by atoms with van der Waals surface area (Å²) < 4.78 is 10.7. The van der Waals surface area contributed by atoms with E-state index in [-0.39, 0.29) is 18.0 Å². The van der Waals surface area contributed by atoms with Crippen LogP contribution in [-0.4, -0.2) is 47.7 Å². The Bertz CT molecular complexity index is 320. The van der Waals surface area contributed by atoms with Crippen LogP contribution >= 0.6 is 0 Å². The number of fused-ring (bicyclic) bond motifs is 2. The second-order valence-corrected chi connectivity index (χ2v) is 5.30. The van der Waals surface area contributed by atoms with Crippen molar-refractivity contribution in [2.45, 2.75) is 45.0 Å². The van der Waals surface area contributed by atoms with E-state index in [0.717, 1.165) is 0 Å². The molecule has 0 aliphatic carbocycles. The summed E-state index contributed by atoms with van der Waals surface area (Å²) in [7, 11) is 0. The summed E-state index contributed by atoms with van der Waals surface area (Å²) in [5, 5.41) is 0. The average molecular weight is 227 g/mol. The Morgan fingerprint density at radius 3 is 2.69 bits per heavy atom. The van der Waals surface area contributed by atoms with Crippen LogP contribution in [0.15, 0.2) is 0 Å². The van der Waals surface area contributed by atoms with Crippen molar-refractivity contribution in [1.82, 2.24) is 4.90 Å². The molecule has 1 amide bonds. The van der Waals surface area contributed by atoms with Crippen LogP contribution in [0.1, 0.15) is 27.2 Å². The van der Waals surface area contributed by atoms with Gasteiger partial charge >= 0.3 is 6.09 Å². The third-order valence-electron chi connectivity index (χ3n) is 2.61. The van der Waals surface area contributed by atoms with Gasteiger partial charge in [0.1, 0.15) is 11.7 Å². The molecule has 0 saturated carbocycles. The molecule has 0 spiro atoms. The molecular weight excluding hydrogens is 210 g/mol. The Labute approximate surface area is 94.7 Å². The number of Topliss-reactive ketones (excluding diaryl/α,β-unsaturated/α-hetero) is 1. The van der Waals surface area contributed by atoms with Crippen LogP contribution in [0, 0.1) is 0 Å². The monoisotopic (exact) mass is 227 g/mol. The molecule has 2 saturated heterocycles. The number of carbonyl (C=O) groups is 2. The van der Waals surface area contributed by atoms with Gasteiger partial charge in [-0.1, -0.05) is 0 Å². The van der Waals surface area contributed by atoms with Crippen LogP contribution in [0.25, 0.3) is 0 Å². The lowest BCUT2D eigenvalue weighted by molar-refractivity contribution is -0.125. The fraction of sp³-hybridized carbons (Fsp3) is 0.818. The van der Waals surface area contributed by atoms with Crippen LogP contribution in [-0.2, 0) is 14.3 Å². The molecule has 2 unspecified atom stereocenters. The molecule has 0 N–H and O–H groups in total. The molecule has 16 heavy (non-hydrogen) atoms. The maximum atomic E-state index is 11.8. The van der Waals surface area contributed by atoms with Crippen LogP contribution in [0.2, 0.25) is 0 Å². The lowest BCUT2D eigenvalue weighted by Crippen LogP contribution is -2.48. The Morgan fingerprint density at radius 1 is 1.44 bits per heavy atom. The number of amides is 1. The highest BCUT2D eigenvalue weighted by Crippen LogP contribution is 2.24. The molecule has 2 aliphatic rings. The number of rotatable bonds is 0. The van der Waals surface area contributed by atoms with E-state index >= 15 is 0 Å². The van der Waals surface area contributed by atoms with Gasteiger partial charge in [0.15, 0.2) is 5.78 Å². The van der Waals surface area contributed by atoms with Crippen molar-refractivity contribution in [2.24, 2.45) is 0 Å². The summed E-state index contributed by atoms with van der Waals surface area (Å²) in [5.74, 6) is 0.0936. The highest BCUT2D eigenvalue weighted by atomic mass is 16.6. The molecule has 2 atom stereocenters. The second kappa shape index (κ2) is 3.73. The standard InChI is InChI=1S/C11H17NO4/c1-11(2,3)16-10(14)12-5-7-4-8(13)9(6-12)15-7/h7,9H,4-6H2,1-3H3. The van der Waals surface area contributed by atoms with E-state index in [0.29, 0.717) is 19.5 Å². The van der Waals surface area contributed by atoms with E-state index in [1.165, 1.54) is 0 Å². The zero-order valence-electron chi connectivity index (χ0n) is 9.86. The minimum absolute atomic E-state index is 0.0936. The summed E-state index contributed by atoms with van der Waals surface area (Å²) >= 11 is 0.